The van der Waals surface area contributed by atoms with Crippen molar-refractivity contribution in [3.05, 3.63) is 0 Å². The van der Waals surface area contributed by atoms with Crippen molar-refractivity contribution < 1.29 is 19.1 Å². The summed E-state index contributed by atoms with van der Waals surface area (Å²) in [4.78, 5) is 24.0. The SMILES string of the molecule is CC(C)(CSSCC(C)(C)C(=O)OCCCN)C(=O)OCCCN. The normalized spacial score (nSPS) is 12.1. The van der Waals surface area contributed by atoms with Crippen molar-refractivity contribution in [2.75, 3.05) is 37.8 Å². The number of carbonyl (C=O) groups is 2. The molecule has 0 aliphatic carbocycles. The summed E-state index contributed by atoms with van der Waals surface area (Å²) in [7, 11) is 3.13. The van der Waals surface area contributed by atoms with Crippen LogP contribution in [0.25, 0.3) is 0 Å². The predicted octanol–water partition coefficient (Wildman–Crippen LogP) is 2.20. The zero-order valence-corrected chi connectivity index (χ0v) is 16.9. The van der Waals surface area contributed by atoms with Gasteiger partial charge in [-0.1, -0.05) is 21.6 Å². The van der Waals surface area contributed by atoms with E-state index in [1.807, 2.05) is 27.7 Å². The minimum absolute atomic E-state index is 0.218. The van der Waals surface area contributed by atoms with Gasteiger partial charge in [-0.05, 0) is 53.6 Å². The molecule has 0 atom stereocenters. The van der Waals surface area contributed by atoms with Gasteiger partial charge >= 0.3 is 11.9 Å². The van der Waals surface area contributed by atoms with Crippen LogP contribution in [0.4, 0.5) is 0 Å². The minimum atomic E-state index is -0.571. The minimum Gasteiger partial charge on any atom is -0.465 e. The third kappa shape index (κ3) is 9.76. The van der Waals surface area contributed by atoms with Crippen molar-refractivity contribution in [2.45, 2.75) is 40.5 Å². The van der Waals surface area contributed by atoms with Gasteiger partial charge in [0, 0.05) is 11.5 Å². The fourth-order valence-corrected chi connectivity index (χ4v) is 4.64. The summed E-state index contributed by atoms with van der Waals surface area (Å²) >= 11 is 0. The molecule has 0 saturated heterocycles. The summed E-state index contributed by atoms with van der Waals surface area (Å²) in [6.45, 7) is 9.17. The van der Waals surface area contributed by atoms with Crippen LogP contribution < -0.4 is 11.5 Å². The van der Waals surface area contributed by atoms with Gasteiger partial charge in [0.05, 0.1) is 24.0 Å². The van der Waals surface area contributed by atoms with E-state index in [9.17, 15) is 9.59 Å². The fraction of sp³-hybridized carbons (Fsp3) is 0.875. The maximum Gasteiger partial charge on any atom is 0.312 e. The number of esters is 2. The van der Waals surface area contributed by atoms with Crippen molar-refractivity contribution >= 4 is 33.5 Å². The van der Waals surface area contributed by atoms with Crippen LogP contribution in [0.15, 0.2) is 0 Å². The Morgan fingerprint density at radius 1 is 0.792 bits per heavy atom. The molecule has 0 aliphatic rings. The zero-order valence-electron chi connectivity index (χ0n) is 15.3. The van der Waals surface area contributed by atoms with Gasteiger partial charge in [0.25, 0.3) is 0 Å². The maximum atomic E-state index is 12.0. The number of carbonyl (C=O) groups excluding carboxylic acids is 2. The average molecular weight is 381 g/mol. The van der Waals surface area contributed by atoms with Gasteiger partial charge in [-0.2, -0.15) is 0 Å². The van der Waals surface area contributed by atoms with Crippen molar-refractivity contribution in [1.29, 1.82) is 0 Å². The Kier molecular flexibility index (Phi) is 11.8. The Morgan fingerprint density at radius 3 is 1.42 bits per heavy atom. The first-order valence-electron chi connectivity index (χ1n) is 8.16. The zero-order chi connectivity index (χ0) is 18.6. The fourth-order valence-electron chi connectivity index (χ4n) is 1.38. The summed E-state index contributed by atoms with van der Waals surface area (Å²) in [5.74, 6) is 0.781. The van der Waals surface area contributed by atoms with Crippen LogP contribution in [0, 0.1) is 10.8 Å². The van der Waals surface area contributed by atoms with Crippen LogP contribution in [0.5, 0.6) is 0 Å². The predicted molar refractivity (Wildman–Crippen MR) is 102 cm³/mol. The Labute approximate surface area is 153 Å². The molecule has 0 aromatic rings. The van der Waals surface area contributed by atoms with Gasteiger partial charge in [-0.15, -0.1) is 0 Å². The first kappa shape index (κ1) is 23.6. The number of ether oxygens (including phenoxy) is 2. The van der Waals surface area contributed by atoms with Gasteiger partial charge in [-0.25, -0.2) is 0 Å². The molecule has 0 amide bonds. The molecule has 0 radical (unpaired) electrons. The number of nitrogens with two attached hydrogens (primary N) is 2. The van der Waals surface area contributed by atoms with Crippen molar-refractivity contribution in [2.24, 2.45) is 22.3 Å². The Morgan fingerprint density at radius 2 is 1.12 bits per heavy atom. The first-order chi connectivity index (χ1) is 11.2. The van der Waals surface area contributed by atoms with E-state index in [2.05, 4.69) is 0 Å². The second-order valence-electron chi connectivity index (χ2n) is 6.85. The van der Waals surface area contributed by atoms with Crippen LogP contribution in [0.2, 0.25) is 0 Å². The van der Waals surface area contributed by atoms with Crippen LogP contribution in [0.1, 0.15) is 40.5 Å². The second kappa shape index (κ2) is 12.0. The summed E-state index contributed by atoms with van der Waals surface area (Å²) < 4.78 is 10.4. The maximum absolute atomic E-state index is 12.0. The molecule has 0 bridgehead atoms. The van der Waals surface area contributed by atoms with E-state index >= 15 is 0 Å². The molecule has 8 heteroatoms. The van der Waals surface area contributed by atoms with Crippen molar-refractivity contribution in [3.8, 4) is 0 Å². The van der Waals surface area contributed by atoms with E-state index in [1.165, 1.54) is 0 Å². The summed E-state index contributed by atoms with van der Waals surface area (Å²) in [6.07, 6.45) is 1.34. The van der Waals surface area contributed by atoms with E-state index in [-0.39, 0.29) is 11.9 Å². The molecule has 6 nitrogen and oxygen atoms in total. The average Bonchev–Trinajstić information content (AvgIpc) is 2.51. The highest BCUT2D eigenvalue weighted by atomic mass is 33.1. The summed E-state index contributed by atoms with van der Waals surface area (Å²) in [5.41, 5.74) is 9.62. The molecule has 0 saturated carbocycles. The molecule has 0 aliphatic heterocycles. The third-order valence-electron chi connectivity index (χ3n) is 3.19. The largest absolute Gasteiger partial charge is 0.465 e. The van der Waals surface area contributed by atoms with E-state index in [0.717, 1.165) is 0 Å². The smallest absolute Gasteiger partial charge is 0.312 e. The number of rotatable bonds is 13. The molecule has 0 aromatic carbocycles. The standard InChI is InChI=1S/C16H32N2O4S2/c1-15(2,13(19)21-9-5-7-17)11-23-24-12-16(3,4)14(20)22-10-6-8-18/h5-12,17-18H2,1-4H3. The van der Waals surface area contributed by atoms with E-state index in [4.69, 9.17) is 20.9 Å². The molecular formula is C16H32N2O4S2. The van der Waals surface area contributed by atoms with Crippen LogP contribution in [-0.4, -0.2) is 49.7 Å². The third-order valence-corrected chi connectivity index (χ3v) is 6.24. The molecule has 0 fully saturated rings. The van der Waals surface area contributed by atoms with Crippen LogP contribution in [0.3, 0.4) is 0 Å². The van der Waals surface area contributed by atoms with Crippen molar-refractivity contribution in [1.82, 2.24) is 0 Å². The molecule has 142 valence electrons. The lowest BCUT2D eigenvalue weighted by Crippen LogP contribution is -2.30. The second-order valence-corrected chi connectivity index (χ2v) is 9.31. The highest BCUT2D eigenvalue weighted by molar-refractivity contribution is 8.76. The van der Waals surface area contributed by atoms with Gasteiger partial charge < -0.3 is 20.9 Å². The quantitative estimate of drug-likeness (QED) is 0.285. The number of hydrogen-bond acceptors (Lipinski definition) is 8. The Balaban J connectivity index is 4.12. The molecule has 0 rings (SSSR count). The highest BCUT2D eigenvalue weighted by Crippen LogP contribution is 2.35. The molecule has 0 spiro atoms. The topological polar surface area (TPSA) is 105 Å². The van der Waals surface area contributed by atoms with Crippen LogP contribution in [-0.2, 0) is 19.1 Å². The van der Waals surface area contributed by atoms with E-state index in [1.54, 1.807) is 21.6 Å². The molecule has 0 unspecified atom stereocenters. The van der Waals surface area contributed by atoms with Crippen LogP contribution >= 0.6 is 21.6 Å². The first-order valence-corrected chi connectivity index (χ1v) is 10.6. The van der Waals surface area contributed by atoms with Gasteiger partial charge in [-0.3, -0.25) is 9.59 Å². The molecule has 4 N–H and O–H groups in total. The van der Waals surface area contributed by atoms with E-state index in [0.29, 0.717) is 50.7 Å². The lowest BCUT2D eigenvalue weighted by Gasteiger charge is -2.24. The molecule has 24 heavy (non-hydrogen) atoms. The lowest BCUT2D eigenvalue weighted by molar-refractivity contribution is -0.153. The lowest BCUT2D eigenvalue weighted by atomic mass is 9.97. The Bertz CT molecular complexity index is 354. The molecular weight excluding hydrogens is 348 g/mol. The summed E-state index contributed by atoms with van der Waals surface area (Å²) in [6, 6.07) is 0. The monoisotopic (exact) mass is 380 g/mol. The van der Waals surface area contributed by atoms with Gasteiger partial charge in [0.15, 0.2) is 0 Å². The van der Waals surface area contributed by atoms with Gasteiger partial charge in [0.1, 0.15) is 0 Å². The highest BCUT2D eigenvalue weighted by Gasteiger charge is 2.32. The Hall–Kier alpha value is -0.440. The molecule has 0 heterocycles. The van der Waals surface area contributed by atoms with E-state index < -0.39 is 10.8 Å². The molecule has 0 aromatic heterocycles. The van der Waals surface area contributed by atoms with Crippen molar-refractivity contribution in [3.63, 3.8) is 0 Å². The summed E-state index contributed by atoms with van der Waals surface area (Å²) in [5, 5.41) is 0. The van der Waals surface area contributed by atoms with Gasteiger partial charge in [0.2, 0.25) is 0 Å². The number of hydrogen-bond donors (Lipinski definition) is 2.